The number of rotatable bonds is 2. The maximum absolute atomic E-state index is 11.9. The van der Waals surface area contributed by atoms with Crippen molar-refractivity contribution in [2.75, 3.05) is 0 Å². The van der Waals surface area contributed by atoms with Crippen LogP contribution in [0.1, 0.15) is 20.8 Å². The van der Waals surface area contributed by atoms with Crippen LogP contribution in [0.25, 0.3) is 0 Å². The van der Waals surface area contributed by atoms with Crippen molar-refractivity contribution in [1.82, 2.24) is 5.32 Å². The van der Waals surface area contributed by atoms with Gasteiger partial charge in [-0.2, -0.15) is 0 Å². The second-order valence-electron chi connectivity index (χ2n) is 4.14. The zero-order valence-corrected chi connectivity index (χ0v) is 8.83. The molecule has 0 aromatic rings. The SMILES string of the molecule is C/C=C(\C)C(=O)[C@]12O[C@H]1C(C)(O)NC2=O. The molecule has 0 aromatic heterocycles. The summed E-state index contributed by atoms with van der Waals surface area (Å²) in [5.41, 5.74) is -2.45. The van der Waals surface area contributed by atoms with Gasteiger partial charge in [0.1, 0.15) is 0 Å². The first-order chi connectivity index (χ1) is 6.86. The zero-order chi connectivity index (χ0) is 11.4. The number of ether oxygens (including phenoxy) is 1. The van der Waals surface area contributed by atoms with Gasteiger partial charge in [-0.1, -0.05) is 6.08 Å². The summed E-state index contributed by atoms with van der Waals surface area (Å²) in [6, 6.07) is 0. The minimum Gasteiger partial charge on any atom is -0.368 e. The Morgan fingerprint density at radius 2 is 2.27 bits per heavy atom. The highest BCUT2D eigenvalue weighted by Crippen LogP contribution is 2.49. The van der Waals surface area contributed by atoms with E-state index in [2.05, 4.69) is 5.32 Å². The average Bonchev–Trinajstić information content (AvgIpc) is 2.87. The first kappa shape index (κ1) is 10.3. The van der Waals surface area contributed by atoms with E-state index < -0.39 is 23.3 Å². The first-order valence-corrected chi connectivity index (χ1v) is 4.77. The molecule has 1 amide bonds. The Hall–Kier alpha value is -1.20. The monoisotopic (exact) mass is 211 g/mol. The number of nitrogens with one attached hydrogen (secondary N) is 1. The Balaban J connectivity index is 2.34. The topological polar surface area (TPSA) is 78.9 Å². The Morgan fingerprint density at radius 3 is 2.60 bits per heavy atom. The van der Waals surface area contributed by atoms with E-state index in [4.69, 9.17) is 4.74 Å². The smallest absolute Gasteiger partial charge is 0.265 e. The van der Waals surface area contributed by atoms with Crippen molar-refractivity contribution in [3.63, 3.8) is 0 Å². The van der Waals surface area contributed by atoms with Crippen LogP contribution in [0, 0.1) is 0 Å². The van der Waals surface area contributed by atoms with Crippen molar-refractivity contribution < 1.29 is 19.4 Å². The van der Waals surface area contributed by atoms with Gasteiger partial charge in [-0.15, -0.1) is 0 Å². The molecule has 2 saturated heterocycles. The summed E-state index contributed by atoms with van der Waals surface area (Å²) in [5, 5.41) is 12.1. The number of aliphatic hydroxyl groups is 1. The van der Waals surface area contributed by atoms with E-state index in [1.165, 1.54) is 6.92 Å². The minimum atomic E-state index is -1.47. The van der Waals surface area contributed by atoms with Gasteiger partial charge >= 0.3 is 0 Å². The van der Waals surface area contributed by atoms with E-state index in [0.717, 1.165) is 0 Å². The van der Waals surface area contributed by atoms with Crippen LogP contribution in [0.15, 0.2) is 11.6 Å². The van der Waals surface area contributed by atoms with E-state index in [9.17, 15) is 14.7 Å². The van der Waals surface area contributed by atoms with E-state index in [1.54, 1.807) is 19.9 Å². The second kappa shape index (κ2) is 2.68. The lowest BCUT2D eigenvalue weighted by Crippen LogP contribution is -2.45. The van der Waals surface area contributed by atoms with Crippen LogP contribution in [-0.2, 0) is 14.3 Å². The number of carbonyl (C=O) groups excluding carboxylic acids is 2. The summed E-state index contributed by atoms with van der Waals surface area (Å²) in [7, 11) is 0. The Bertz CT molecular complexity index is 385. The molecule has 2 aliphatic heterocycles. The molecule has 82 valence electrons. The van der Waals surface area contributed by atoms with Crippen molar-refractivity contribution >= 4 is 11.7 Å². The summed E-state index contributed by atoms with van der Waals surface area (Å²) < 4.78 is 5.10. The molecule has 0 aromatic carbocycles. The Kier molecular flexibility index (Phi) is 1.84. The summed E-state index contributed by atoms with van der Waals surface area (Å²) in [6.45, 7) is 4.75. The van der Waals surface area contributed by atoms with Gasteiger partial charge in [0.2, 0.25) is 11.4 Å². The Morgan fingerprint density at radius 1 is 1.67 bits per heavy atom. The molecule has 5 nitrogen and oxygen atoms in total. The lowest BCUT2D eigenvalue weighted by molar-refractivity contribution is -0.137. The van der Waals surface area contributed by atoms with Crippen LogP contribution in [0.5, 0.6) is 0 Å². The van der Waals surface area contributed by atoms with Crippen molar-refractivity contribution in [3.05, 3.63) is 11.6 Å². The van der Waals surface area contributed by atoms with Gasteiger partial charge in [-0.25, -0.2) is 0 Å². The molecule has 2 aliphatic rings. The Labute approximate surface area is 87.1 Å². The average molecular weight is 211 g/mol. The summed E-state index contributed by atoms with van der Waals surface area (Å²) in [4.78, 5) is 23.4. The van der Waals surface area contributed by atoms with Crippen molar-refractivity contribution in [3.8, 4) is 0 Å². The van der Waals surface area contributed by atoms with Crippen molar-refractivity contribution in [2.45, 2.75) is 38.2 Å². The number of Topliss-reactive ketones (excluding diaryl/α,β-unsaturated/α-hetero) is 1. The van der Waals surface area contributed by atoms with E-state index in [0.29, 0.717) is 5.57 Å². The van der Waals surface area contributed by atoms with Crippen LogP contribution in [-0.4, -0.2) is 34.2 Å². The van der Waals surface area contributed by atoms with E-state index in [-0.39, 0.29) is 5.78 Å². The highest BCUT2D eigenvalue weighted by molar-refractivity contribution is 6.21. The molecule has 2 fully saturated rings. The van der Waals surface area contributed by atoms with Gasteiger partial charge < -0.3 is 15.2 Å². The summed E-state index contributed by atoms with van der Waals surface area (Å²) in [5.74, 6) is -0.922. The fourth-order valence-electron chi connectivity index (χ4n) is 1.92. The van der Waals surface area contributed by atoms with Gasteiger partial charge in [0, 0.05) is 0 Å². The molecule has 15 heavy (non-hydrogen) atoms. The number of epoxide rings is 1. The highest BCUT2D eigenvalue weighted by Gasteiger charge is 2.79. The number of morpholine rings is 1. The third-order valence-corrected chi connectivity index (χ3v) is 2.96. The van der Waals surface area contributed by atoms with Gasteiger partial charge in [0.15, 0.2) is 11.8 Å². The lowest BCUT2D eigenvalue weighted by Gasteiger charge is -2.16. The minimum absolute atomic E-state index is 0.370. The van der Waals surface area contributed by atoms with Crippen LogP contribution in [0.2, 0.25) is 0 Å². The fraction of sp³-hybridized carbons (Fsp3) is 0.600. The third kappa shape index (κ3) is 1.10. The van der Waals surface area contributed by atoms with E-state index in [1.807, 2.05) is 0 Å². The highest BCUT2D eigenvalue weighted by atomic mass is 16.6. The predicted octanol–water partition coefficient (Wildman–Crippen LogP) is -0.502. The van der Waals surface area contributed by atoms with E-state index >= 15 is 0 Å². The number of fused-ring (bicyclic) bond motifs is 1. The number of carbonyl (C=O) groups is 2. The first-order valence-electron chi connectivity index (χ1n) is 4.77. The number of allylic oxidation sites excluding steroid dienone is 1. The maximum atomic E-state index is 11.9. The number of hydrogen-bond acceptors (Lipinski definition) is 4. The molecule has 2 rings (SSSR count). The number of amides is 1. The predicted molar refractivity (Wildman–Crippen MR) is 50.8 cm³/mol. The molecule has 0 aliphatic carbocycles. The van der Waals surface area contributed by atoms with Gasteiger partial charge in [-0.3, -0.25) is 9.59 Å². The molecule has 2 heterocycles. The molecule has 0 bridgehead atoms. The fourth-order valence-corrected chi connectivity index (χ4v) is 1.92. The second-order valence-corrected chi connectivity index (χ2v) is 4.14. The lowest BCUT2D eigenvalue weighted by atomic mass is 9.94. The van der Waals surface area contributed by atoms with Crippen LogP contribution >= 0.6 is 0 Å². The quantitative estimate of drug-likeness (QED) is 0.366. The molecule has 1 unspecified atom stereocenters. The zero-order valence-electron chi connectivity index (χ0n) is 8.83. The molecular formula is C10H13NO4. The molecule has 0 radical (unpaired) electrons. The van der Waals surface area contributed by atoms with Gasteiger partial charge in [0.05, 0.1) is 0 Å². The number of hydrogen-bond donors (Lipinski definition) is 2. The molecule has 0 saturated carbocycles. The largest absolute Gasteiger partial charge is 0.368 e. The van der Waals surface area contributed by atoms with Crippen LogP contribution in [0.4, 0.5) is 0 Å². The van der Waals surface area contributed by atoms with Gasteiger partial charge in [-0.05, 0) is 26.3 Å². The normalized spacial score (nSPS) is 43.6. The molecule has 5 heteroatoms. The number of ketones is 1. The van der Waals surface area contributed by atoms with Crippen molar-refractivity contribution in [1.29, 1.82) is 0 Å². The molecular weight excluding hydrogens is 198 g/mol. The standard InChI is InChI=1S/C10H13NO4/c1-4-5(2)6(12)10-7(15-10)9(3,14)11-8(10)13/h4,7,14H,1-3H3,(H,11,13)/b5-4+/t7-,9?,10-/m0/s1. The maximum Gasteiger partial charge on any atom is 0.265 e. The van der Waals surface area contributed by atoms with Crippen molar-refractivity contribution in [2.24, 2.45) is 0 Å². The summed E-state index contributed by atoms with van der Waals surface area (Å²) in [6.07, 6.45) is 0.857. The van der Waals surface area contributed by atoms with Crippen LogP contribution < -0.4 is 5.32 Å². The molecule has 2 N–H and O–H groups in total. The molecule has 3 atom stereocenters. The summed E-state index contributed by atoms with van der Waals surface area (Å²) >= 11 is 0. The van der Waals surface area contributed by atoms with Crippen LogP contribution in [0.3, 0.4) is 0 Å². The molecule has 0 spiro atoms. The third-order valence-electron chi connectivity index (χ3n) is 2.96. The van der Waals surface area contributed by atoms with Gasteiger partial charge in [0.25, 0.3) is 5.91 Å².